The summed E-state index contributed by atoms with van der Waals surface area (Å²) in [4.78, 5) is 19.0. The van der Waals surface area contributed by atoms with E-state index in [1.807, 2.05) is 17.5 Å². The summed E-state index contributed by atoms with van der Waals surface area (Å²) < 4.78 is 13.6. The Bertz CT molecular complexity index is 806. The second-order valence-corrected chi connectivity index (χ2v) is 8.06. The highest BCUT2D eigenvalue weighted by atomic mass is 127. The van der Waals surface area contributed by atoms with Crippen LogP contribution in [-0.4, -0.2) is 44.0 Å². The molecule has 0 aliphatic heterocycles. The molecule has 0 spiro atoms. The van der Waals surface area contributed by atoms with Crippen molar-refractivity contribution in [2.45, 2.75) is 24.8 Å². The molecule has 3 rings (SSSR count). The quantitative estimate of drug-likeness (QED) is 0.337. The van der Waals surface area contributed by atoms with Crippen LogP contribution in [0.4, 0.5) is 4.39 Å². The molecular formula is C20H26FIN4OS. The summed E-state index contributed by atoms with van der Waals surface area (Å²) in [7, 11) is 3.43. The standard InChI is InChI=1S/C20H25FN4OS.HI/c1-25(2)18(26)13-23-19(22-12-17-7-4-10-27-17)24-14-20(8-9-20)15-5-3-6-16(21)11-15;/h3-7,10-11H,8-9,12-14H2,1-2H3,(H2,22,23,24);1H. The largest absolute Gasteiger partial charge is 0.355 e. The molecule has 0 saturated heterocycles. The maximum atomic E-state index is 13.6. The van der Waals surface area contributed by atoms with Crippen molar-refractivity contribution in [3.63, 3.8) is 0 Å². The minimum atomic E-state index is -0.208. The lowest BCUT2D eigenvalue weighted by Crippen LogP contribution is -2.41. The Hall–Kier alpha value is -1.68. The Morgan fingerprint density at radius 3 is 2.64 bits per heavy atom. The van der Waals surface area contributed by atoms with Gasteiger partial charge in [0.2, 0.25) is 5.91 Å². The number of carbonyl (C=O) groups excluding carboxylic acids is 1. The third kappa shape index (κ3) is 6.16. The number of carbonyl (C=O) groups is 1. The van der Waals surface area contributed by atoms with E-state index < -0.39 is 0 Å². The first-order valence-corrected chi connectivity index (χ1v) is 9.87. The van der Waals surface area contributed by atoms with Crippen molar-refractivity contribution < 1.29 is 9.18 Å². The van der Waals surface area contributed by atoms with Gasteiger partial charge in [0.05, 0.1) is 6.54 Å². The molecular weight excluding hydrogens is 490 g/mol. The molecule has 1 aliphatic carbocycles. The normalized spacial score (nSPS) is 14.8. The molecule has 1 aliphatic rings. The number of nitrogens with zero attached hydrogens (tertiary/aromatic N) is 2. The monoisotopic (exact) mass is 516 g/mol. The highest BCUT2D eigenvalue weighted by Crippen LogP contribution is 2.47. The fourth-order valence-electron chi connectivity index (χ4n) is 2.84. The molecule has 1 aromatic heterocycles. The fraction of sp³-hybridized carbons (Fsp3) is 0.400. The molecule has 0 bridgehead atoms. The van der Waals surface area contributed by atoms with Gasteiger partial charge < -0.3 is 15.5 Å². The van der Waals surface area contributed by atoms with Crippen LogP contribution in [0.15, 0.2) is 46.8 Å². The maximum absolute atomic E-state index is 13.6. The predicted octanol–water partition coefficient (Wildman–Crippen LogP) is 3.36. The smallest absolute Gasteiger partial charge is 0.243 e. The number of hydrogen-bond donors (Lipinski definition) is 2. The van der Waals surface area contributed by atoms with Crippen molar-refractivity contribution in [1.82, 2.24) is 15.5 Å². The summed E-state index contributed by atoms with van der Waals surface area (Å²) in [6, 6.07) is 10.9. The lowest BCUT2D eigenvalue weighted by Gasteiger charge is -2.19. The van der Waals surface area contributed by atoms with Crippen LogP contribution >= 0.6 is 35.3 Å². The van der Waals surface area contributed by atoms with Gasteiger partial charge >= 0.3 is 0 Å². The highest BCUT2D eigenvalue weighted by molar-refractivity contribution is 14.0. The number of rotatable bonds is 7. The summed E-state index contributed by atoms with van der Waals surface area (Å²) in [5.41, 5.74) is 0.955. The number of aliphatic imine (C=N–C) groups is 1. The SMILES string of the molecule is CN(C)C(=O)CN=C(NCc1cccs1)NCC1(c2cccc(F)c2)CC1.I. The molecule has 1 fully saturated rings. The zero-order valence-corrected chi connectivity index (χ0v) is 19.2. The minimum absolute atomic E-state index is 0. The summed E-state index contributed by atoms with van der Waals surface area (Å²) >= 11 is 1.67. The van der Waals surface area contributed by atoms with Crippen LogP contribution in [0, 0.1) is 5.82 Å². The number of benzene rings is 1. The molecule has 1 heterocycles. The lowest BCUT2D eigenvalue weighted by molar-refractivity contribution is -0.127. The van der Waals surface area contributed by atoms with Gasteiger partial charge in [-0.2, -0.15) is 0 Å². The number of amides is 1. The first-order chi connectivity index (χ1) is 13.0. The van der Waals surface area contributed by atoms with Crippen LogP contribution < -0.4 is 10.6 Å². The molecule has 1 aromatic carbocycles. The first kappa shape index (κ1) is 22.6. The van der Waals surface area contributed by atoms with Crippen LogP contribution in [0.2, 0.25) is 0 Å². The van der Waals surface area contributed by atoms with Crippen molar-refractivity contribution in [2.75, 3.05) is 27.2 Å². The molecule has 0 unspecified atom stereocenters. The molecule has 2 aromatic rings. The Kier molecular flexibility index (Phi) is 8.23. The number of nitrogens with one attached hydrogen (secondary N) is 2. The first-order valence-electron chi connectivity index (χ1n) is 8.99. The zero-order chi connectivity index (χ0) is 19.3. The molecule has 5 nitrogen and oxygen atoms in total. The Morgan fingerprint density at radius 1 is 1.25 bits per heavy atom. The maximum Gasteiger partial charge on any atom is 0.243 e. The zero-order valence-electron chi connectivity index (χ0n) is 16.1. The van der Waals surface area contributed by atoms with Crippen LogP contribution in [-0.2, 0) is 16.8 Å². The Labute approximate surface area is 186 Å². The van der Waals surface area contributed by atoms with Crippen molar-refractivity contribution in [3.05, 3.63) is 58.0 Å². The molecule has 0 atom stereocenters. The molecule has 8 heteroatoms. The average molecular weight is 516 g/mol. The summed E-state index contributed by atoms with van der Waals surface area (Å²) in [5.74, 6) is 0.333. The highest BCUT2D eigenvalue weighted by Gasteiger charge is 2.44. The molecule has 152 valence electrons. The molecule has 1 amide bonds. The summed E-state index contributed by atoms with van der Waals surface area (Å²) in [6.45, 7) is 1.38. The third-order valence-electron chi connectivity index (χ3n) is 4.77. The summed E-state index contributed by atoms with van der Waals surface area (Å²) in [5, 5.41) is 8.66. The molecule has 2 N–H and O–H groups in total. The van der Waals surface area contributed by atoms with Crippen LogP contribution in [0.3, 0.4) is 0 Å². The van der Waals surface area contributed by atoms with Crippen LogP contribution in [0.25, 0.3) is 0 Å². The number of thiophene rings is 1. The van der Waals surface area contributed by atoms with Gasteiger partial charge in [-0.3, -0.25) is 4.79 Å². The van der Waals surface area contributed by atoms with Crippen molar-refractivity contribution in [1.29, 1.82) is 0 Å². The van der Waals surface area contributed by atoms with Gasteiger partial charge in [-0.15, -0.1) is 35.3 Å². The second kappa shape index (κ2) is 10.2. The fourth-order valence-corrected chi connectivity index (χ4v) is 3.48. The molecule has 1 saturated carbocycles. The van der Waals surface area contributed by atoms with E-state index in [1.165, 1.54) is 15.8 Å². The van der Waals surface area contributed by atoms with Gasteiger partial charge in [0.15, 0.2) is 5.96 Å². The van der Waals surface area contributed by atoms with E-state index in [9.17, 15) is 9.18 Å². The Morgan fingerprint density at radius 2 is 2.04 bits per heavy atom. The van der Waals surface area contributed by atoms with E-state index in [2.05, 4.69) is 21.7 Å². The van der Waals surface area contributed by atoms with Gasteiger partial charge in [-0.1, -0.05) is 18.2 Å². The predicted molar refractivity (Wildman–Crippen MR) is 123 cm³/mol. The molecule has 0 radical (unpaired) electrons. The van der Waals surface area contributed by atoms with E-state index in [0.717, 1.165) is 18.4 Å². The van der Waals surface area contributed by atoms with Gasteiger partial charge in [-0.25, -0.2) is 9.38 Å². The lowest BCUT2D eigenvalue weighted by atomic mass is 9.96. The Balaban J connectivity index is 0.00000280. The van der Waals surface area contributed by atoms with E-state index in [4.69, 9.17) is 0 Å². The van der Waals surface area contributed by atoms with Crippen molar-refractivity contribution in [2.24, 2.45) is 4.99 Å². The van der Waals surface area contributed by atoms with Crippen molar-refractivity contribution >= 4 is 47.2 Å². The molecule has 28 heavy (non-hydrogen) atoms. The number of hydrogen-bond acceptors (Lipinski definition) is 3. The van der Waals surface area contributed by atoms with E-state index >= 15 is 0 Å². The van der Waals surface area contributed by atoms with Crippen LogP contribution in [0.5, 0.6) is 0 Å². The van der Waals surface area contributed by atoms with Crippen LogP contribution in [0.1, 0.15) is 23.3 Å². The summed E-state index contributed by atoms with van der Waals surface area (Å²) in [6.07, 6.45) is 2.02. The van der Waals surface area contributed by atoms with Gasteiger partial charge in [-0.05, 0) is 42.0 Å². The number of halogens is 2. The average Bonchev–Trinajstić information content (AvgIpc) is 3.26. The van der Waals surface area contributed by atoms with Crippen molar-refractivity contribution in [3.8, 4) is 0 Å². The third-order valence-corrected chi connectivity index (χ3v) is 5.64. The van der Waals surface area contributed by atoms with E-state index in [0.29, 0.717) is 19.0 Å². The number of guanidine groups is 1. The van der Waals surface area contributed by atoms with E-state index in [1.54, 1.807) is 37.6 Å². The second-order valence-electron chi connectivity index (χ2n) is 7.03. The van der Waals surface area contributed by atoms with Gasteiger partial charge in [0.25, 0.3) is 0 Å². The minimum Gasteiger partial charge on any atom is -0.355 e. The van der Waals surface area contributed by atoms with Gasteiger partial charge in [0, 0.05) is 30.9 Å². The van der Waals surface area contributed by atoms with E-state index in [-0.39, 0.29) is 47.7 Å². The number of likely N-dealkylation sites (N-methyl/N-ethyl adjacent to an activating group) is 1. The topological polar surface area (TPSA) is 56.7 Å². The van der Waals surface area contributed by atoms with Gasteiger partial charge in [0.1, 0.15) is 12.4 Å².